The zero-order valence-electron chi connectivity index (χ0n) is 8.70. The molecule has 0 aliphatic heterocycles. The van der Waals surface area contributed by atoms with Gasteiger partial charge in [-0.15, -0.1) is 6.42 Å². The number of fused-ring (bicyclic) bond motifs is 1. The van der Waals surface area contributed by atoms with Crippen molar-refractivity contribution in [2.45, 2.75) is 6.92 Å². The maximum atomic E-state index is 5.49. The van der Waals surface area contributed by atoms with Crippen molar-refractivity contribution in [2.75, 3.05) is 0 Å². The Kier molecular flexibility index (Phi) is 2.56. The molecule has 0 radical (unpaired) electrons. The van der Waals surface area contributed by atoms with E-state index in [9.17, 15) is 0 Å². The third-order valence-electron chi connectivity index (χ3n) is 2.46. The molecule has 0 saturated heterocycles. The summed E-state index contributed by atoms with van der Waals surface area (Å²) >= 11 is 0. The van der Waals surface area contributed by atoms with E-state index in [4.69, 9.17) is 6.42 Å². The van der Waals surface area contributed by atoms with Gasteiger partial charge in [0, 0.05) is 5.56 Å². The zero-order valence-corrected chi connectivity index (χ0v) is 8.70. The summed E-state index contributed by atoms with van der Waals surface area (Å²) in [5.41, 5.74) is 2.09. The first kappa shape index (κ1) is 9.55. The molecule has 0 aliphatic rings. The number of hydrogen-bond donors (Lipinski definition) is 0. The van der Waals surface area contributed by atoms with E-state index in [1.807, 2.05) is 31.2 Å². The molecular formula is C15H12. The SMILES string of the molecule is C#Cc1ccc2ccccc2c1/C=C\C. The molecule has 0 nitrogen and oxygen atoms in total. The fourth-order valence-corrected chi connectivity index (χ4v) is 1.77. The summed E-state index contributed by atoms with van der Waals surface area (Å²) in [7, 11) is 0. The van der Waals surface area contributed by atoms with Crippen LogP contribution in [0.2, 0.25) is 0 Å². The second-order valence-electron chi connectivity index (χ2n) is 3.39. The van der Waals surface area contributed by atoms with E-state index >= 15 is 0 Å². The molecule has 0 atom stereocenters. The average molecular weight is 192 g/mol. The Balaban J connectivity index is 2.86. The van der Waals surface area contributed by atoms with Gasteiger partial charge in [-0.05, 0) is 29.3 Å². The van der Waals surface area contributed by atoms with Crippen LogP contribution in [0.4, 0.5) is 0 Å². The first-order chi connectivity index (χ1) is 7.36. The van der Waals surface area contributed by atoms with E-state index < -0.39 is 0 Å². The van der Waals surface area contributed by atoms with Crippen LogP contribution in [-0.2, 0) is 0 Å². The van der Waals surface area contributed by atoms with Crippen LogP contribution in [0.25, 0.3) is 16.8 Å². The lowest BCUT2D eigenvalue weighted by Gasteiger charge is -2.04. The van der Waals surface area contributed by atoms with E-state index in [1.54, 1.807) is 0 Å². The Morgan fingerprint density at radius 2 is 1.93 bits per heavy atom. The molecule has 2 aromatic rings. The number of terminal acetylenes is 1. The van der Waals surface area contributed by atoms with Crippen LogP contribution in [0, 0.1) is 12.3 Å². The number of rotatable bonds is 1. The highest BCUT2D eigenvalue weighted by Crippen LogP contribution is 2.23. The van der Waals surface area contributed by atoms with Gasteiger partial charge < -0.3 is 0 Å². The van der Waals surface area contributed by atoms with E-state index in [1.165, 1.54) is 10.8 Å². The molecule has 0 amide bonds. The van der Waals surface area contributed by atoms with E-state index in [2.05, 4.69) is 30.2 Å². The second-order valence-corrected chi connectivity index (χ2v) is 3.39. The van der Waals surface area contributed by atoms with Gasteiger partial charge in [-0.25, -0.2) is 0 Å². The lowest BCUT2D eigenvalue weighted by atomic mass is 9.99. The minimum absolute atomic E-state index is 0.951. The lowest BCUT2D eigenvalue weighted by Crippen LogP contribution is -1.84. The fourth-order valence-electron chi connectivity index (χ4n) is 1.77. The van der Waals surface area contributed by atoms with Crippen LogP contribution >= 0.6 is 0 Å². The van der Waals surface area contributed by atoms with Crippen LogP contribution in [-0.4, -0.2) is 0 Å². The molecule has 0 spiro atoms. The number of benzene rings is 2. The third kappa shape index (κ3) is 1.65. The van der Waals surface area contributed by atoms with Crippen LogP contribution < -0.4 is 0 Å². The van der Waals surface area contributed by atoms with Crippen molar-refractivity contribution in [3.63, 3.8) is 0 Å². The molecule has 0 N–H and O–H groups in total. The van der Waals surface area contributed by atoms with Crippen molar-refractivity contribution < 1.29 is 0 Å². The Morgan fingerprint density at radius 1 is 1.13 bits per heavy atom. The summed E-state index contributed by atoms with van der Waals surface area (Å²) in [6.45, 7) is 2.00. The monoisotopic (exact) mass is 192 g/mol. The molecule has 0 aliphatic carbocycles. The van der Waals surface area contributed by atoms with Crippen LogP contribution in [0.1, 0.15) is 18.1 Å². The molecule has 0 saturated carbocycles. The van der Waals surface area contributed by atoms with E-state index in [0.29, 0.717) is 0 Å². The molecule has 0 heterocycles. The largest absolute Gasteiger partial charge is 0.115 e. The smallest absolute Gasteiger partial charge is 0.0321 e. The van der Waals surface area contributed by atoms with Gasteiger partial charge in [-0.2, -0.15) is 0 Å². The Hall–Kier alpha value is -2.00. The quantitative estimate of drug-likeness (QED) is 0.602. The minimum atomic E-state index is 0.951. The first-order valence-corrected chi connectivity index (χ1v) is 4.98. The molecular weight excluding hydrogens is 180 g/mol. The third-order valence-corrected chi connectivity index (χ3v) is 2.46. The van der Waals surface area contributed by atoms with Gasteiger partial charge in [0.1, 0.15) is 0 Å². The van der Waals surface area contributed by atoms with Gasteiger partial charge in [0.15, 0.2) is 0 Å². The molecule has 72 valence electrons. The van der Waals surface area contributed by atoms with E-state index in [0.717, 1.165) is 11.1 Å². The number of allylic oxidation sites excluding steroid dienone is 1. The van der Waals surface area contributed by atoms with Crippen LogP contribution in [0.15, 0.2) is 42.5 Å². The fraction of sp³-hybridized carbons (Fsp3) is 0.0667. The summed E-state index contributed by atoms with van der Waals surface area (Å²) in [6, 6.07) is 12.3. The highest BCUT2D eigenvalue weighted by molar-refractivity contribution is 5.92. The molecule has 15 heavy (non-hydrogen) atoms. The Bertz CT molecular complexity index is 554. The van der Waals surface area contributed by atoms with Crippen molar-refractivity contribution in [1.82, 2.24) is 0 Å². The molecule has 0 bridgehead atoms. The molecule has 0 fully saturated rings. The lowest BCUT2D eigenvalue weighted by molar-refractivity contribution is 1.64. The summed E-state index contributed by atoms with van der Waals surface area (Å²) in [5, 5.41) is 2.44. The highest BCUT2D eigenvalue weighted by Gasteiger charge is 2.01. The van der Waals surface area contributed by atoms with Crippen molar-refractivity contribution in [3.05, 3.63) is 53.6 Å². The van der Waals surface area contributed by atoms with Gasteiger partial charge >= 0.3 is 0 Å². The molecule has 0 unspecified atom stereocenters. The van der Waals surface area contributed by atoms with Gasteiger partial charge in [0.25, 0.3) is 0 Å². The minimum Gasteiger partial charge on any atom is -0.115 e. The maximum Gasteiger partial charge on any atom is 0.0321 e. The maximum absolute atomic E-state index is 5.49. The predicted molar refractivity (Wildman–Crippen MR) is 66.6 cm³/mol. The van der Waals surface area contributed by atoms with Gasteiger partial charge in [0.2, 0.25) is 0 Å². The van der Waals surface area contributed by atoms with Crippen molar-refractivity contribution in [3.8, 4) is 12.3 Å². The summed E-state index contributed by atoms with van der Waals surface area (Å²) in [6.07, 6.45) is 9.57. The molecule has 2 rings (SSSR count). The zero-order chi connectivity index (χ0) is 10.7. The summed E-state index contributed by atoms with van der Waals surface area (Å²) in [4.78, 5) is 0. The van der Waals surface area contributed by atoms with Crippen molar-refractivity contribution in [1.29, 1.82) is 0 Å². The van der Waals surface area contributed by atoms with Crippen LogP contribution in [0.3, 0.4) is 0 Å². The van der Waals surface area contributed by atoms with E-state index in [-0.39, 0.29) is 0 Å². The highest BCUT2D eigenvalue weighted by atomic mass is 14.0. The van der Waals surface area contributed by atoms with Crippen molar-refractivity contribution in [2.24, 2.45) is 0 Å². The first-order valence-electron chi connectivity index (χ1n) is 4.98. The summed E-state index contributed by atoms with van der Waals surface area (Å²) in [5.74, 6) is 2.72. The standard InChI is InChI=1S/C15H12/c1-3-7-14-12(4-2)10-11-13-8-5-6-9-15(13)14/h2-3,5-11H,1H3/b7-3-. The van der Waals surface area contributed by atoms with Crippen LogP contribution in [0.5, 0.6) is 0 Å². The van der Waals surface area contributed by atoms with Gasteiger partial charge in [0.05, 0.1) is 0 Å². The van der Waals surface area contributed by atoms with Gasteiger partial charge in [-0.1, -0.05) is 48.4 Å². The normalized spacial score (nSPS) is 10.7. The van der Waals surface area contributed by atoms with Crippen molar-refractivity contribution >= 4 is 16.8 Å². The summed E-state index contributed by atoms with van der Waals surface area (Å²) < 4.78 is 0. The Morgan fingerprint density at radius 3 is 2.67 bits per heavy atom. The second kappa shape index (κ2) is 4.02. The predicted octanol–water partition coefficient (Wildman–Crippen LogP) is 3.85. The molecule has 0 heteroatoms. The molecule has 0 aromatic heterocycles. The van der Waals surface area contributed by atoms with Gasteiger partial charge in [-0.3, -0.25) is 0 Å². The molecule has 2 aromatic carbocycles. The average Bonchev–Trinajstić information content (AvgIpc) is 2.30. The topological polar surface area (TPSA) is 0 Å². The number of hydrogen-bond acceptors (Lipinski definition) is 0. The Labute approximate surface area is 90.2 Å².